The molecule has 0 unspecified atom stereocenters. The van der Waals surface area contributed by atoms with E-state index in [2.05, 4.69) is 19.2 Å². The zero-order chi connectivity index (χ0) is 12.0. The maximum atomic E-state index is 11.3. The van der Waals surface area contributed by atoms with Gasteiger partial charge in [-0.3, -0.25) is 4.79 Å². The van der Waals surface area contributed by atoms with Crippen molar-refractivity contribution in [2.24, 2.45) is 11.7 Å². The van der Waals surface area contributed by atoms with E-state index in [1.165, 1.54) is 11.5 Å². The number of nitrogens with one attached hydrogen (secondary N) is 1. The highest BCUT2D eigenvalue weighted by Gasteiger charge is 2.21. The molecule has 1 aliphatic rings. The molecule has 1 amide bonds. The van der Waals surface area contributed by atoms with Gasteiger partial charge in [0.1, 0.15) is 0 Å². The first-order valence-electron chi connectivity index (χ1n) is 5.80. The first kappa shape index (κ1) is 14.2. The molecular weight excluding hydrogens is 240 g/mol. The minimum absolute atomic E-state index is 0.163. The van der Waals surface area contributed by atoms with E-state index < -0.39 is 0 Å². The number of hydrogen-bond acceptors (Lipinski definition) is 4. The van der Waals surface area contributed by atoms with Crippen molar-refractivity contribution in [2.45, 2.75) is 32.4 Å². The molecule has 0 aromatic rings. The Morgan fingerprint density at radius 1 is 1.38 bits per heavy atom. The van der Waals surface area contributed by atoms with Gasteiger partial charge in [0.15, 0.2) is 0 Å². The second-order valence-corrected chi connectivity index (χ2v) is 6.90. The van der Waals surface area contributed by atoms with E-state index in [0.717, 1.165) is 17.9 Å². The van der Waals surface area contributed by atoms with E-state index in [9.17, 15) is 4.79 Å². The SMILES string of the molecule is CC(C)C[C@H](NC1CSCCSC1)C(N)=O. The van der Waals surface area contributed by atoms with Crippen LogP contribution >= 0.6 is 23.5 Å². The highest BCUT2D eigenvalue weighted by Crippen LogP contribution is 2.17. The molecule has 0 aromatic carbocycles. The van der Waals surface area contributed by atoms with Crippen LogP contribution in [0.1, 0.15) is 20.3 Å². The zero-order valence-corrected chi connectivity index (χ0v) is 11.7. The Kier molecular flexibility index (Phi) is 6.61. The van der Waals surface area contributed by atoms with Crippen molar-refractivity contribution in [3.05, 3.63) is 0 Å². The maximum absolute atomic E-state index is 11.3. The summed E-state index contributed by atoms with van der Waals surface area (Å²) in [4.78, 5) is 11.3. The first-order valence-corrected chi connectivity index (χ1v) is 8.11. The van der Waals surface area contributed by atoms with Crippen LogP contribution in [0.15, 0.2) is 0 Å². The van der Waals surface area contributed by atoms with Crippen LogP contribution in [0, 0.1) is 5.92 Å². The number of carbonyl (C=O) groups is 1. The van der Waals surface area contributed by atoms with Crippen LogP contribution in [0.25, 0.3) is 0 Å². The van der Waals surface area contributed by atoms with Crippen molar-refractivity contribution >= 4 is 29.4 Å². The van der Waals surface area contributed by atoms with Gasteiger partial charge in [-0.1, -0.05) is 13.8 Å². The van der Waals surface area contributed by atoms with Gasteiger partial charge in [0, 0.05) is 29.1 Å². The Bertz CT molecular complexity index is 216. The molecule has 0 radical (unpaired) electrons. The quantitative estimate of drug-likeness (QED) is 0.785. The van der Waals surface area contributed by atoms with Crippen LogP contribution in [0.4, 0.5) is 0 Å². The lowest BCUT2D eigenvalue weighted by atomic mass is 10.0. The van der Waals surface area contributed by atoms with E-state index >= 15 is 0 Å². The molecule has 1 atom stereocenters. The molecule has 0 aliphatic carbocycles. The fourth-order valence-corrected chi connectivity index (χ4v) is 4.16. The molecule has 0 saturated carbocycles. The van der Waals surface area contributed by atoms with Crippen molar-refractivity contribution < 1.29 is 4.79 Å². The molecule has 1 fully saturated rings. The van der Waals surface area contributed by atoms with Gasteiger partial charge >= 0.3 is 0 Å². The van der Waals surface area contributed by atoms with Crippen molar-refractivity contribution in [1.29, 1.82) is 0 Å². The third-order valence-corrected chi connectivity index (χ3v) is 5.02. The molecule has 0 spiro atoms. The predicted molar refractivity (Wildman–Crippen MR) is 74.0 cm³/mol. The van der Waals surface area contributed by atoms with Gasteiger partial charge in [0.05, 0.1) is 6.04 Å². The van der Waals surface area contributed by atoms with Crippen LogP contribution in [0.3, 0.4) is 0 Å². The summed E-state index contributed by atoms with van der Waals surface area (Å²) < 4.78 is 0. The number of amides is 1. The van der Waals surface area contributed by atoms with Crippen molar-refractivity contribution in [1.82, 2.24) is 5.32 Å². The van der Waals surface area contributed by atoms with Crippen LogP contribution in [-0.2, 0) is 4.79 Å². The van der Waals surface area contributed by atoms with Gasteiger partial charge in [-0.2, -0.15) is 23.5 Å². The van der Waals surface area contributed by atoms with Gasteiger partial charge in [-0.15, -0.1) is 0 Å². The molecular formula is C11H22N2OS2. The van der Waals surface area contributed by atoms with Crippen molar-refractivity contribution in [3.8, 4) is 0 Å². The summed E-state index contributed by atoms with van der Waals surface area (Å²) in [6.45, 7) is 4.24. The molecule has 94 valence electrons. The Morgan fingerprint density at radius 2 is 1.94 bits per heavy atom. The average Bonchev–Trinajstić information content (AvgIpc) is 2.44. The van der Waals surface area contributed by atoms with E-state index in [0.29, 0.717) is 12.0 Å². The monoisotopic (exact) mass is 262 g/mol. The van der Waals surface area contributed by atoms with Gasteiger partial charge in [0.25, 0.3) is 0 Å². The molecule has 1 saturated heterocycles. The third kappa shape index (κ3) is 5.46. The molecule has 0 bridgehead atoms. The summed E-state index contributed by atoms with van der Waals surface area (Å²) in [5, 5.41) is 3.41. The minimum atomic E-state index is -0.215. The molecule has 0 aromatic heterocycles. The lowest BCUT2D eigenvalue weighted by Crippen LogP contribution is -2.48. The second kappa shape index (κ2) is 7.45. The van der Waals surface area contributed by atoms with Crippen molar-refractivity contribution in [3.63, 3.8) is 0 Å². The molecule has 5 heteroatoms. The Balaban J connectivity index is 2.42. The van der Waals surface area contributed by atoms with Crippen LogP contribution in [0.5, 0.6) is 0 Å². The fraction of sp³-hybridized carbons (Fsp3) is 0.909. The maximum Gasteiger partial charge on any atom is 0.234 e. The number of carbonyl (C=O) groups excluding carboxylic acids is 1. The number of rotatable bonds is 5. The Morgan fingerprint density at radius 3 is 2.38 bits per heavy atom. The molecule has 3 nitrogen and oxygen atoms in total. The largest absolute Gasteiger partial charge is 0.368 e. The number of nitrogens with two attached hydrogens (primary N) is 1. The number of hydrogen-bond donors (Lipinski definition) is 2. The van der Waals surface area contributed by atoms with E-state index in [1.807, 2.05) is 23.5 Å². The summed E-state index contributed by atoms with van der Waals surface area (Å²) >= 11 is 3.92. The zero-order valence-electron chi connectivity index (χ0n) is 10.1. The lowest BCUT2D eigenvalue weighted by Gasteiger charge is -2.23. The van der Waals surface area contributed by atoms with Crippen LogP contribution < -0.4 is 11.1 Å². The second-order valence-electron chi connectivity index (χ2n) is 4.60. The molecule has 3 N–H and O–H groups in total. The summed E-state index contributed by atoms with van der Waals surface area (Å²) in [6.07, 6.45) is 0.834. The number of thioether (sulfide) groups is 2. The highest BCUT2D eigenvalue weighted by atomic mass is 32.2. The normalized spacial score (nSPS) is 20.7. The van der Waals surface area contributed by atoms with Gasteiger partial charge in [-0.05, 0) is 12.3 Å². The van der Waals surface area contributed by atoms with Gasteiger partial charge in [-0.25, -0.2) is 0 Å². The molecule has 16 heavy (non-hydrogen) atoms. The third-order valence-electron chi connectivity index (χ3n) is 2.50. The van der Waals surface area contributed by atoms with E-state index in [1.54, 1.807) is 0 Å². The summed E-state index contributed by atoms with van der Waals surface area (Å²) in [5.41, 5.74) is 5.43. The fourth-order valence-electron chi connectivity index (χ4n) is 1.74. The number of primary amides is 1. The van der Waals surface area contributed by atoms with E-state index in [4.69, 9.17) is 5.73 Å². The summed E-state index contributed by atoms with van der Waals surface area (Å²) in [5.74, 6) is 4.90. The summed E-state index contributed by atoms with van der Waals surface area (Å²) in [6, 6.07) is 0.262. The minimum Gasteiger partial charge on any atom is -0.368 e. The highest BCUT2D eigenvalue weighted by molar-refractivity contribution is 8.03. The molecule has 1 rings (SSSR count). The van der Waals surface area contributed by atoms with Crippen LogP contribution in [0.2, 0.25) is 0 Å². The molecule has 1 aliphatic heterocycles. The van der Waals surface area contributed by atoms with E-state index in [-0.39, 0.29) is 11.9 Å². The van der Waals surface area contributed by atoms with Gasteiger partial charge < -0.3 is 11.1 Å². The average molecular weight is 262 g/mol. The summed E-state index contributed by atoms with van der Waals surface area (Å²) in [7, 11) is 0. The van der Waals surface area contributed by atoms with Crippen LogP contribution in [-0.4, -0.2) is 41.0 Å². The predicted octanol–water partition coefficient (Wildman–Crippen LogP) is 1.32. The smallest absolute Gasteiger partial charge is 0.234 e. The first-order chi connectivity index (χ1) is 7.59. The Labute approximate surface area is 107 Å². The Hall–Kier alpha value is 0.130. The lowest BCUT2D eigenvalue weighted by molar-refractivity contribution is -0.120. The molecule has 1 heterocycles. The standard InChI is InChI=1S/C11H22N2OS2/c1-8(2)5-10(11(12)14)13-9-6-15-3-4-16-7-9/h8-10,13H,3-7H2,1-2H3,(H2,12,14)/t10-/m0/s1. The van der Waals surface area contributed by atoms with Crippen molar-refractivity contribution in [2.75, 3.05) is 23.0 Å². The van der Waals surface area contributed by atoms with Gasteiger partial charge in [0.2, 0.25) is 5.91 Å². The topological polar surface area (TPSA) is 55.1 Å².